The van der Waals surface area contributed by atoms with Gasteiger partial charge in [0.1, 0.15) is 5.69 Å². The number of hydrogen-bond donors (Lipinski definition) is 2. The fourth-order valence-corrected chi connectivity index (χ4v) is 3.65. The Bertz CT molecular complexity index is 1240. The second kappa shape index (κ2) is 7.44. The summed E-state index contributed by atoms with van der Waals surface area (Å²) in [4.78, 5) is 33.3. The first-order valence-corrected chi connectivity index (χ1v) is 9.74. The Morgan fingerprint density at radius 1 is 1.21 bits per heavy atom. The molecular weight excluding hydrogens is 388 g/mol. The molecule has 3 aromatic heterocycles. The summed E-state index contributed by atoms with van der Waals surface area (Å²) in [5, 5.41) is 10.9. The van der Waals surface area contributed by atoms with Crippen LogP contribution in [0.1, 0.15) is 37.2 Å². The molecule has 1 aromatic carbocycles. The number of amides is 2. The molecule has 2 amide bonds. The molecule has 0 unspecified atom stereocenters. The zero-order valence-electron chi connectivity index (χ0n) is 15.8. The van der Waals surface area contributed by atoms with Crippen molar-refractivity contribution in [2.45, 2.75) is 20.4 Å². The maximum absolute atomic E-state index is 13.0. The molecule has 0 fully saturated rings. The largest absolute Gasteiger partial charge is 0.364 e. The van der Waals surface area contributed by atoms with Crippen molar-refractivity contribution in [3.05, 3.63) is 69.6 Å². The van der Waals surface area contributed by atoms with Crippen LogP contribution in [0.3, 0.4) is 0 Å². The Balaban J connectivity index is 1.64. The number of aryl methyl sites for hydroxylation is 2. The Kier molecular flexibility index (Phi) is 4.81. The molecule has 146 valence electrons. The summed E-state index contributed by atoms with van der Waals surface area (Å²) in [6, 6.07) is 8.53. The molecule has 0 radical (unpaired) electrons. The summed E-state index contributed by atoms with van der Waals surface area (Å²) < 4.78 is 1.74. The number of pyridine rings is 1. The van der Waals surface area contributed by atoms with Crippen molar-refractivity contribution in [2.24, 2.45) is 5.73 Å². The standard InChI is InChI=1S/C20H18N6O2S/c1-11-18(9-26(25-11)8-13-10-29-12(2)22-13)24-20(28)15-7-17(19(21)27)23-16-6-4-3-5-14(15)16/h3-7,9-10H,8H2,1-2H3,(H2,21,27)(H,24,28). The lowest BCUT2D eigenvalue weighted by Gasteiger charge is -2.08. The van der Waals surface area contributed by atoms with E-state index < -0.39 is 5.91 Å². The van der Waals surface area contributed by atoms with Gasteiger partial charge >= 0.3 is 0 Å². The van der Waals surface area contributed by atoms with Crippen LogP contribution in [0.2, 0.25) is 0 Å². The first kappa shape index (κ1) is 18.8. The molecule has 0 bridgehead atoms. The van der Waals surface area contributed by atoms with E-state index in [-0.39, 0.29) is 11.6 Å². The molecule has 0 aliphatic heterocycles. The lowest BCUT2D eigenvalue weighted by atomic mass is 10.1. The second-order valence-corrected chi connectivity index (χ2v) is 7.64. The molecule has 8 nitrogen and oxygen atoms in total. The lowest BCUT2D eigenvalue weighted by Crippen LogP contribution is -2.17. The number of hydrogen-bond acceptors (Lipinski definition) is 6. The molecular formula is C20H18N6O2S. The maximum Gasteiger partial charge on any atom is 0.267 e. The van der Waals surface area contributed by atoms with E-state index in [9.17, 15) is 9.59 Å². The summed E-state index contributed by atoms with van der Waals surface area (Å²) >= 11 is 1.58. The van der Waals surface area contributed by atoms with Crippen molar-refractivity contribution in [2.75, 3.05) is 5.32 Å². The van der Waals surface area contributed by atoms with Gasteiger partial charge in [-0.2, -0.15) is 5.10 Å². The van der Waals surface area contributed by atoms with Gasteiger partial charge < -0.3 is 11.1 Å². The van der Waals surface area contributed by atoms with Crippen molar-refractivity contribution >= 4 is 39.7 Å². The summed E-state index contributed by atoms with van der Waals surface area (Å²) in [7, 11) is 0. The minimum Gasteiger partial charge on any atom is -0.364 e. The van der Waals surface area contributed by atoms with E-state index >= 15 is 0 Å². The van der Waals surface area contributed by atoms with E-state index in [0.717, 1.165) is 10.7 Å². The van der Waals surface area contributed by atoms with Gasteiger partial charge in [-0.15, -0.1) is 11.3 Å². The fraction of sp³-hybridized carbons (Fsp3) is 0.150. The molecule has 0 saturated heterocycles. The van der Waals surface area contributed by atoms with Gasteiger partial charge in [0.05, 0.1) is 39.7 Å². The minimum atomic E-state index is -0.688. The number of aromatic nitrogens is 4. The Hall–Kier alpha value is -3.59. The molecule has 0 atom stereocenters. The quantitative estimate of drug-likeness (QED) is 0.529. The predicted molar refractivity (Wildman–Crippen MR) is 111 cm³/mol. The highest BCUT2D eigenvalue weighted by Crippen LogP contribution is 2.21. The molecule has 4 aromatic rings. The third kappa shape index (κ3) is 3.85. The Labute approximate surface area is 170 Å². The van der Waals surface area contributed by atoms with Crippen LogP contribution in [0.5, 0.6) is 0 Å². The monoisotopic (exact) mass is 406 g/mol. The number of anilines is 1. The number of fused-ring (bicyclic) bond motifs is 1. The smallest absolute Gasteiger partial charge is 0.267 e. The molecule has 9 heteroatoms. The van der Waals surface area contributed by atoms with Gasteiger partial charge in [-0.25, -0.2) is 9.97 Å². The summed E-state index contributed by atoms with van der Waals surface area (Å²) in [5.74, 6) is -1.05. The molecule has 0 spiro atoms. The molecule has 3 heterocycles. The number of nitrogens with zero attached hydrogens (tertiary/aromatic N) is 4. The minimum absolute atomic E-state index is 0.0418. The second-order valence-electron chi connectivity index (χ2n) is 6.57. The van der Waals surface area contributed by atoms with Gasteiger partial charge in [-0.05, 0) is 26.0 Å². The Morgan fingerprint density at radius 3 is 2.72 bits per heavy atom. The molecule has 0 saturated carbocycles. The maximum atomic E-state index is 13.0. The van der Waals surface area contributed by atoms with Crippen molar-refractivity contribution < 1.29 is 9.59 Å². The molecule has 0 aliphatic rings. The van der Waals surface area contributed by atoms with Crippen LogP contribution in [0.25, 0.3) is 10.9 Å². The summed E-state index contributed by atoms with van der Waals surface area (Å²) in [6.45, 7) is 4.29. The predicted octanol–water partition coefficient (Wildman–Crippen LogP) is 2.90. The number of nitrogens with one attached hydrogen (secondary N) is 1. The van der Waals surface area contributed by atoms with Gasteiger partial charge in [0, 0.05) is 17.0 Å². The Morgan fingerprint density at radius 2 is 2.00 bits per heavy atom. The highest BCUT2D eigenvalue weighted by atomic mass is 32.1. The van der Waals surface area contributed by atoms with E-state index in [1.807, 2.05) is 25.3 Å². The van der Waals surface area contributed by atoms with Crippen molar-refractivity contribution in [3.8, 4) is 0 Å². The average Bonchev–Trinajstić information content (AvgIpc) is 3.25. The summed E-state index contributed by atoms with van der Waals surface area (Å²) in [5.41, 5.74) is 8.45. The topological polar surface area (TPSA) is 116 Å². The van der Waals surface area contributed by atoms with Crippen LogP contribution in [-0.2, 0) is 6.54 Å². The number of primary amides is 1. The van der Waals surface area contributed by atoms with Gasteiger partial charge in [-0.3, -0.25) is 14.3 Å². The number of thiazole rings is 1. The van der Waals surface area contributed by atoms with E-state index in [1.54, 1.807) is 40.4 Å². The number of carbonyl (C=O) groups excluding carboxylic acids is 2. The number of nitrogens with two attached hydrogens (primary N) is 1. The third-order valence-electron chi connectivity index (χ3n) is 4.40. The zero-order chi connectivity index (χ0) is 20.5. The first-order valence-electron chi connectivity index (χ1n) is 8.86. The number of para-hydroxylation sites is 1. The fourth-order valence-electron chi connectivity index (χ4n) is 3.05. The van der Waals surface area contributed by atoms with Crippen LogP contribution < -0.4 is 11.1 Å². The van der Waals surface area contributed by atoms with Crippen LogP contribution in [-0.4, -0.2) is 31.6 Å². The highest BCUT2D eigenvalue weighted by Gasteiger charge is 2.17. The third-order valence-corrected chi connectivity index (χ3v) is 5.22. The van der Waals surface area contributed by atoms with Crippen LogP contribution in [0.4, 0.5) is 5.69 Å². The number of carbonyl (C=O) groups is 2. The summed E-state index contributed by atoms with van der Waals surface area (Å²) in [6.07, 6.45) is 1.76. The normalized spacial score (nSPS) is 11.0. The van der Waals surface area contributed by atoms with Crippen LogP contribution in [0.15, 0.2) is 41.9 Å². The lowest BCUT2D eigenvalue weighted by molar-refractivity contribution is 0.0996. The van der Waals surface area contributed by atoms with E-state index in [2.05, 4.69) is 20.4 Å². The molecule has 29 heavy (non-hydrogen) atoms. The molecule has 0 aliphatic carbocycles. The van der Waals surface area contributed by atoms with Gasteiger partial charge in [0.15, 0.2) is 0 Å². The van der Waals surface area contributed by atoms with E-state index in [4.69, 9.17) is 5.73 Å². The van der Waals surface area contributed by atoms with Gasteiger partial charge in [0.2, 0.25) is 0 Å². The highest BCUT2D eigenvalue weighted by molar-refractivity contribution is 7.09. The van der Waals surface area contributed by atoms with Crippen LogP contribution in [0, 0.1) is 13.8 Å². The first-order chi connectivity index (χ1) is 13.9. The number of rotatable bonds is 5. The van der Waals surface area contributed by atoms with E-state index in [1.165, 1.54) is 6.07 Å². The van der Waals surface area contributed by atoms with Gasteiger partial charge in [-0.1, -0.05) is 18.2 Å². The molecule has 4 rings (SSSR count). The SMILES string of the molecule is Cc1nc(Cn2cc(NC(=O)c3cc(C(N)=O)nc4ccccc34)c(C)n2)cs1. The molecule has 3 N–H and O–H groups in total. The van der Waals surface area contributed by atoms with Gasteiger partial charge in [0.25, 0.3) is 11.8 Å². The van der Waals surface area contributed by atoms with Crippen LogP contribution >= 0.6 is 11.3 Å². The van der Waals surface area contributed by atoms with Crippen molar-refractivity contribution in [3.63, 3.8) is 0 Å². The number of benzene rings is 1. The average molecular weight is 406 g/mol. The van der Waals surface area contributed by atoms with Crippen molar-refractivity contribution in [1.29, 1.82) is 0 Å². The van der Waals surface area contributed by atoms with Crippen molar-refractivity contribution in [1.82, 2.24) is 19.7 Å². The zero-order valence-corrected chi connectivity index (χ0v) is 16.7. The van der Waals surface area contributed by atoms with E-state index in [0.29, 0.717) is 34.4 Å².